The van der Waals surface area contributed by atoms with Crippen LogP contribution < -0.4 is 0 Å². The smallest absolute Gasteiger partial charge is 0.212 e. The molecule has 0 amide bonds. The van der Waals surface area contributed by atoms with Crippen molar-refractivity contribution in [2.45, 2.75) is 59.0 Å². The van der Waals surface area contributed by atoms with Crippen molar-refractivity contribution in [3.8, 4) is 5.69 Å². The number of halogens is 2. The van der Waals surface area contributed by atoms with Gasteiger partial charge in [-0.05, 0) is 90.4 Å². The lowest BCUT2D eigenvalue weighted by molar-refractivity contribution is -0.139. The fraction of sp³-hybridized carbons (Fsp3) is 0.607. The summed E-state index contributed by atoms with van der Waals surface area (Å²) >= 11 is 0.794. The molecule has 4 aliphatic carbocycles. The Bertz CT molecular complexity index is 1230. The molecule has 0 bridgehead atoms. The monoisotopic (exact) mass is 513 g/mol. The minimum absolute atomic E-state index is 0.0474. The van der Waals surface area contributed by atoms with Gasteiger partial charge in [-0.15, -0.1) is 0 Å². The van der Waals surface area contributed by atoms with E-state index in [1.54, 1.807) is 6.07 Å². The van der Waals surface area contributed by atoms with Crippen molar-refractivity contribution in [1.82, 2.24) is 14.8 Å². The first kappa shape index (κ1) is 24.3. The van der Waals surface area contributed by atoms with Gasteiger partial charge in [-0.3, -0.25) is 4.79 Å². The highest BCUT2D eigenvalue weighted by atomic mass is 32.2. The molecule has 2 aromatic rings. The van der Waals surface area contributed by atoms with Gasteiger partial charge < -0.3 is 5.11 Å². The van der Waals surface area contributed by atoms with Crippen LogP contribution in [0.1, 0.15) is 57.7 Å². The molecule has 1 N–H and O–H groups in total. The number of fused-ring (bicyclic) bond motifs is 6. The Labute approximate surface area is 214 Å². The summed E-state index contributed by atoms with van der Waals surface area (Å²) in [5, 5.41) is 16.3. The lowest BCUT2D eigenvalue weighted by Crippen LogP contribution is -2.58. The molecule has 0 aromatic carbocycles. The average Bonchev–Trinajstić information content (AvgIpc) is 3.38. The minimum Gasteiger partial charge on any atom is -0.393 e. The first-order valence-electron chi connectivity index (χ1n) is 13.0. The molecule has 8 heteroatoms. The minimum atomic E-state index is -0.683. The van der Waals surface area contributed by atoms with Crippen LogP contribution in [0.2, 0.25) is 0 Å². The third-order valence-corrected chi connectivity index (χ3v) is 10.9. The molecule has 192 valence electrons. The summed E-state index contributed by atoms with van der Waals surface area (Å²) in [6, 6.07) is 2.35. The van der Waals surface area contributed by atoms with Crippen LogP contribution in [0.15, 0.2) is 30.1 Å². The number of hydrogen-bond acceptors (Lipinski definition) is 5. The molecule has 5 nitrogen and oxygen atoms in total. The van der Waals surface area contributed by atoms with E-state index in [-0.39, 0.29) is 27.8 Å². The lowest BCUT2D eigenvalue weighted by Gasteiger charge is -2.61. The second kappa shape index (κ2) is 8.48. The van der Waals surface area contributed by atoms with Gasteiger partial charge in [0.25, 0.3) is 0 Å². The topological polar surface area (TPSA) is 68.0 Å². The number of hydrogen-bond donors (Lipinski definition) is 1. The summed E-state index contributed by atoms with van der Waals surface area (Å²) in [5.74, 6) is 0.403. The summed E-state index contributed by atoms with van der Waals surface area (Å²) in [7, 11) is 0. The van der Waals surface area contributed by atoms with E-state index in [1.807, 2.05) is 10.9 Å². The molecule has 36 heavy (non-hydrogen) atoms. The largest absolute Gasteiger partial charge is 0.393 e. The summed E-state index contributed by atoms with van der Waals surface area (Å²) in [4.78, 5) is 16.6. The third-order valence-electron chi connectivity index (χ3n) is 10.2. The standard InChI is InChI=1S/C28H33F2N3O2S/c1-15-8-18-19-5-6-20(26(35)36-14-29)27(19,2)11-23(34)25(18)28(3)10-16-12-32-33(22(16)9-21(15)28)17-4-7-24(30)31-13-17/h4,7,9,12-13,15,18-20,23,25,34H,5-6,8,10-11,14H2,1-3H3. The molecule has 0 spiro atoms. The molecule has 8 unspecified atom stereocenters. The van der Waals surface area contributed by atoms with E-state index < -0.39 is 18.1 Å². The van der Waals surface area contributed by atoms with Crippen molar-refractivity contribution >= 4 is 23.0 Å². The van der Waals surface area contributed by atoms with Crippen LogP contribution in [-0.2, 0) is 11.2 Å². The Kier molecular flexibility index (Phi) is 5.72. The van der Waals surface area contributed by atoms with Gasteiger partial charge in [-0.25, -0.2) is 14.1 Å². The molecule has 8 atom stereocenters. The van der Waals surface area contributed by atoms with E-state index in [2.05, 4.69) is 36.9 Å². The van der Waals surface area contributed by atoms with Crippen molar-refractivity contribution in [2.24, 2.45) is 40.4 Å². The Hall–Kier alpha value is -2.06. The number of aromatic nitrogens is 3. The number of aliphatic hydroxyl groups is 1. The number of thioether (sulfide) groups is 1. The van der Waals surface area contributed by atoms with Crippen molar-refractivity contribution in [1.29, 1.82) is 0 Å². The Morgan fingerprint density at radius 2 is 2.08 bits per heavy atom. The molecule has 3 saturated carbocycles. The van der Waals surface area contributed by atoms with Gasteiger partial charge in [-0.1, -0.05) is 38.1 Å². The van der Waals surface area contributed by atoms with Crippen LogP contribution in [0.5, 0.6) is 0 Å². The van der Waals surface area contributed by atoms with Crippen LogP contribution in [0.3, 0.4) is 0 Å². The fourth-order valence-corrected chi connectivity index (χ4v) is 9.56. The first-order valence-corrected chi connectivity index (χ1v) is 14.0. The number of rotatable bonds is 3. The maximum absolute atomic E-state index is 13.4. The van der Waals surface area contributed by atoms with E-state index in [4.69, 9.17) is 0 Å². The SMILES string of the molecule is CC1CC2C(C(O)CC3(C)C(C(=O)SCF)CCC23)C2(C)Cc3cnn(-c4ccc(F)nc4)c3C=C12. The number of allylic oxidation sites excluding steroid dienone is 1. The van der Waals surface area contributed by atoms with Crippen LogP contribution in [0, 0.1) is 46.4 Å². The summed E-state index contributed by atoms with van der Waals surface area (Å²) in [5.41, 5.74) is 3.71. The number of nitrogens with zero attached hydrogens (tertiary/aromatic N) is 3. The van der Waals surface area contributed by atoms with Crippen molar-refractivity contribution in [2.75, 3.05) is 6.01 Å². The number of pyridine rings is 1. The molecule has 0 radical (unpaired) electrons. The van der Waals surface area contributed by atoms with E-state index in [9.17, 15) is 18.7 Å². The summed E-state index contributed by atoms with van der Waals surface area (Å²) in [6.45, 7) is 6.75. The van der Waals surface area contributed by atoms with Crippen LogP contribution in [0.4, 0.5) is 8.78 Å². The maximum atomic E-state index is 13.4. The van der Waals surface area contributed by atoms with Crippen molar-refractivity contribution in [3.63, 3.8) is 0 Å². The Morgan fingerprint density at radius 1 is 1.28 bits per heavy atom. The lowest BCUT2D eigenvalue weighted by atomic mass is 9.44. The molecule has 2 heterocycles. The van der Waals surface area contributed by atoms with E-state index in [1.165, 1.54) is 17.8 Å². The maximum Gasteiger partial charge on any atom is 0.212 e. The second-order valence-corrected chi connectivity index (χ2v) is 12.8. The fourth-order valence-electron chi connectivity index (χ4n) is 8.86. The van der Waals surface area contributed by atoms with Gasteiger partial charge >= 0.3 is 0 Å². The molecule has 3 fully saturated rings. The quantitative estimate of drug-likeness (QED) is 0.541. The second-order valence-electron chi connectivity index (χ2n) is 11.9. The van der Waals surface area contributed by atoms with Gasteiger partial charge in [0.2, 0.25) is 5.95 Å². The zero-order chi connectivity index (χ0) is 25.4. The molecule has 4 aliphatic rings. The van der Waals surface area contributed by atoms with Crippen LogP contribution in [-0.4, -0.2) is 37.1 Å². The van der Waals surface area contributed by atoms with Crippen molar-refractivity contribution in [3.05, 3.63) is 47.3 Å². The van der Waals surface area contributed by atoms with Gasteiger partial charge in [0.15, 0.2) is 5.12 Å². The number of aliphatic hydroxyl groups excluding tert-OH is 1. The molecule has 0 aliphatic heterocycles. The third kappa shape index (κ3) is 3.39. The number of alkyl halides is 1. The zero-order valence-corrected chi connectivity index (χ0v) is 21.8. The highest BCUT2D eigenvalue weighted by molar-refractivity contribution is 8.13. The van der Waals surface area contributed by atoms with Gasteiger partial charge in [0.1, 0.15) is 6.01 Å². The van der Waals surface area contributed by atoms with Gasteiger partial charge in [-0.2, -0.15) is 9.49 Å². The molecular weight excluding hydrogens is 480 g/mol. The Balaban J connectivity index is 1.37. The normalized spacial score (nSPS) is 39.0. The van der Waals surface area contributed by atoms with Gasteiger partial charge in [0.05, 0.1) is 29.9 Å². The van der Waals surface area contributed by atoms with Crippen LogP contribution in [0.25, 0.3) is 11.8 Å². The molecule has 6 rings (SSSR count). The van der Waals surface area contributed by atoms with E-state index in [0.717, 1.165) is 54.4 Å². The highest BCUT2D eigenvalue weighted by Gasteiger charge is 2.64. The molecule has 2 aromatic heterocycles. The number of carbonyl (C=O) groups excluding carboxylic acids is 1. The Morgan fingerprint density at radius 3 is 2.81 bits per heavy atom. The van der Waals surface area contributed by atoms with E-state index >= 15 is 0 Å². The number of carbonyl (C=O) groups is 1. The zero-order valence-electron chi connectivity index (χ0n) is 21.0. The summed E-state index contributed by atoms with van der Waals surface area (Å²) in [6.07, 6.45) is 9.23. The predicted molar refractivity (Wildman–Crippen MR) is 135 cm³/mol. The van der Waals surface area contributed by atoms with Crippen molar-refractivity contribution < 1.29 is 18.7 Å². The molecule has 0 saturated heterocycles. The first-order chi connectivity index (χ1) is 17.2. The van der Waals surface area contributed by atoms with E-state index in [0.29, 0.717) is 24.2 Å². The van der Waals surface area contributed by atoms with Crippen LogP contribution >= 0.6 is 11.8 Å². The summed E-state index contributed by atoms with van der Waals surface area (Å²) < 4.78 is 28.2. The molecular formula is C28H33F2N3O2S. The van der Waals surface area contributed by atoms with Gasteiger partial charge in [0, 0.05) is 5.92 Å². The highest BCUT2D eigenvalue weighted by Crippen LogP contribution is 2.67. The average molecular weight is 514 g/mol. The predicted octanol–water partition coefficient (Wildman–Crippen LogP) is 5.61.